The molecule has 5 nitrogen and oxygen atoms in total. The lowest BCUT2D eigenvalue weighted by Gasteiger charge is -2.26. The van der Waals surface area contributed by atoms with E-state index in [0.717, 1.165) is 11.6 Å². The van der Waals surface area contributed by atoms with Gasteiger partial charge in [0.25, 0.3) is 0 Å². The van der Waals surface area contributed by atoms with Crippen molar-refractivity contribution in [2.75, 3.05) is 0 Å². The van der Waals surface area contributed by atoms with E-state index in [9.17, 15) is 18.8 Å². The molecule has 1 aromatic heterocycles. The number of aromatic amines is 1. The minimum absolute atomic E-state index is 0.270. The van der Waals surface area contributed by atoms with Gasteiger partial charge in [0.2, 0.25) is 5.95 Å². The minimum atomic E-state index is -1.07. The fourth-order valence-electron chi connectivity index (χ4n) is 2.92. The van der Waals surface area contributed by atoms with Gasteiger partial charge >= 0.3 is 6.03 Å². The molecule has 110 valence electrons. The molecule has 2 amide bonds. The number of aromatic nitrogens is 1. The quantitative estimate of drug-likeness (QED) is 0.587. The van der Waals surface area contributed by atoms with Crippen LogP contribution in [0.2, 0.25) is 0 Å². The normalized spacial score (nSPS) is 20.3. The van der Waals surface area contributed by atoms with Crippen LogP contribution in [0, 0.1) is 11.8 Å². The predicted octanol–water partition coefficient (Wildman–Crippen LogP) is 2.44. The molecule has 4 N–H and O–H groups in total. The molecular weight excluding hydrogens is 280 g/mol. The number of hydrogen-bond acceptors (Lipinski definition) is 2. The third-order valence-electron chi connectivity index (χ3n) is 3.83. The van der Waals surface area contributed by atoms with Crippen LogP contribution in [-0.4, -0.2) is 21.3 Å². The summed E-state index contributed by atoms with van der Waals surface area (Å²) in [4.78, 5) is 13.6. The van der Waals surface area contributed by atoms with Gasteiger partial charge in [-0.3, -0.25) is 5.21 Å². The second-order valence-corrected chi connectivity index (χ2v) is 5.02. The van der Waals surface area contributed by atoms with E-state index in [1.54, 1.807) is 12.1 Å². The number of rotatable bonds is 2. The maximum Gasteiger partial charge on any atom is 0.339 e. The number of nitrogens with one attached hydrogen (secondary N) is 1. The summed E-state index contributed by atoms with van der Waals surface area (Å²) in [5, 5.41) is 10.3. The number of H-pyrrole nitrogens is 1. The molecule has 2 aromatic rings. The van der Waals surface area contributed by atoms with Gasteiger partial charge in [-0.1, -0.05) is 24.3 Å². The van der Waals surface area contributed by atoms with Crippen LogP contribution in [-0.2, 0) is 6.42 Å². The van der Waals surface area contributed by atoms with E-state index in [-0.39, 0.29) is 5.69 Å². The molecule has 1 heterocycles. The predicted molar refractivity (Wildman–Crippen MR) is 69.5 cm³/mol. The highest BCUT2D eigenvalue weighted by Crippen LogP contribution is 2.45. The Morgan fingerprint density at radius 2 is 2.10 bits per heavy atom. The number of carbonyl (C=O) groups is 1. The third kappa shape index (κ3) is 2.15. The number of carbonyl (C=O) groups excluding carboxylic acids is 1. The van der Waals surface area contributed by atoms with Crippen LogP contribution in [0.25, 0.3) is 0 Å². The molecule has 0 saturated carbocycles. The largest absolute Gasteiger partial charge is 0.350 e. The number of halogens is 2. The molecule has 0 radical (unpaired) electrons. The number of nitrogens with two attached hydrogens (primary N) is 1. The number of urea groups is 1. The maximum atomic E-state index is 13.2. The molecule has 0 spiro atoms. The van der Waals surface area contributed by atoms with Crippen molar-refractivity contribution in [1.29, 1.82) is 0 Å². The zero-order chi connectivity index (χ0) is 15.1. The average molecular weight is 293 g/mol. The van der Waals surface area contributed by atoms with Crippen molar-refractivity contribution >= 4 is 6.03 Å². The van der Waals surface area contributed by atoms with Crippen molar-refractivity contribution in [3.63, 3.8) is 0 Å². The van der Waals surface area contributed by atoms with Crippen molar-refractivity contribution in [3.05, 3.63) is 58.9 Å². The first-order chi connectivity index (χ1) is 9.99. The molecule has 3 rings (SSSR count). The summed E-state index contributed by atoms with van der Waals surface area (Å²) in [5.74, 6) is -2.56. The SMILES string of the molecule is NC(=O)N(O)C1c2ccccc2CC1c1cc(F)c(F)[nH]1. The Hall–Kier alpha value is -2.41. The fraction of sp³-hybridized carbons (Fsp3) is 0.214. The van der Waals surface area contributed by atoms with Crippen molar-refractivity contribution in [1.82, 2.24) is 10.0 Å². The summed E-state index contributed by atoms with van der Waals surface area (Å²) < 4.78 is 26.4. The molecule has 0 saturated heterocycles. The van der Waals surface area contributed by atoms with Crippen LogP contribution in [0.5, 0.6) is 0 Å². The molecule has 1 aromatic carbocycles. The first kappa shape index (κ1) is 13.6. The average Bonchev–Trinajstić information content (AvgIpc) is 2.99. The molecule has 2 unspecified atom stereocenters. The lowest BCUT2D eigenvalue weighted by Crippen LogP contribution is -2.37. The van der Waals surface area contributed by atoms with Gasteiger partial charge in [-0.25, -0.2) is 9.18 Å². The van der Waals surface area contributed by atoms with Crippen molar-refractivity contribution < 1.29 is 18.8 Å². The second-order valence-electron chi connectivity index (χ2n) is 5.02. The van der Waals surface area contributed by atoms with Gasteiger partial charge in [0.15, 0.2) is 5.82 Å². The summed E-state index contributed by atoms with van der Waals surface area (Å²) in [7, 11) is 0. The third-order valence-corrected chi connectivity index (χ3v) is 3.83. The van der Waals surface area contributed by atoms with Gasteiger partial charge in [-0.2, -0.15) is 9.45 Å². The summed E-state index contributed by atoms with van der Waals surface area (Å²) >= 11 is 0. The lowest BCUT2D eigenvalue weighted by atomic mass is 9.97. The van der Waals surface area contributed by atoms with E-state index >= 15 is 0 Å². The molecular formula is C14H13F2N3O2. The Labute approximate surface area is 118 Å². The Balaban J connectivity index is 2.06. The highest BCUT2D eigenvalue weighted by Gasteiger charge is 2.40. The molecule has 21 heavy (non-hydrogen) atoms. The van der Waals surface area contributed by atoms with Crippen LogP contribution in [0.4, 0.5) is 13.6 Å². The van der Waals surface area contributed by atoms with Gasteiger partial charge < -0.3 is 10.7 Å². The number of nitrogens with zero attached hydrogens (tertiary/aromatic N) is 1. The summed E-state index contributed by atoms with van der Waals surface area (Å²) in [6.07, 6.45) is 0.435. The Kier molecular flexibility index (Phi) is 3.13. The number of hydrogen-bond donors (Lipinski definition) is 3. The molecule has 0 bridgehead atoms. The van der Waals surface area contributed by atoms with Crippen molar-refractivity contribution in [2.45, 2.75) is 18.4 Å². The van der Waals surface area contributed by atoms with Crippen LogP contribution in [0.1, 0.15) is 28.8 Å². The van der Waals surface area contributed by atoms with E-state index in [4.69, 9.17) is 5.73 Å². The molecule has 0 aliphatic heterocycles. The smallest absolute Gasteiger partial charge is 0.339 e. The highest BCUT2D eigenvalue weighted by molar-refractivity contribution is 5.71. The Morgan fingerprint density at radius 3 is 2.71 bits per heavy atom. The van der Waals surface area contributed by atoms with Crippen molar-refractivity contribution in [2.24, 2.45) is 5.73 Å². The van der Waals surface area contributed by atoms with E-state index in [2.05, 4.69) is 4.98 Å². The van der Waals surface area contributed by atoms with Gasteiger partial charge in [0.05, 0.1) is 6.04 Å². The Morgan fingerprint density at radius 1 is 1.38 bits per heavy atom. The van der Waals surface area contributed by atoms with E-state index in [1.807, 2.05) is 12.1 Å². The molecule has 7 heteroatoms. The summed E-state index contributed by atoms with van der Waals surface area (Å²) in [6.45, 7) is 0. The zero-order valence-corrected chi connectivity index (χ0v) is 10.9. The topological polar surface area (TPSA) is 82.3 Å². The lowest BCUT2D eigenvalue weighted by molar-refractivity contribution is -0.0813. The number of amides is 2. The molecule has 1 aliphatic carbocycles. The second kappa shape index (κ2) is 4.85. The number of hydroxylamine groups is 2. The van der Waals surface area contributed by atoms with Crippen LogP contribution in [0.15, 0.2) is 30.3 Å². The highest BCUT2D eigenvalue weighted by atomic mass is 19.2. The van der Waals surface area contributed by atoms with E-state index in [1.165, 1.54) is 0 Å². The number of fused-ring (bicyclic) bond motifs is 1. The summed E-state index contributed by atoms with van der Waals surface area (Å²) in [5.41, 5.74) is 7.00. The standard InChI is InChI=1S/C14H13F2N3O2/c15-10-6-11(18-13(10)16)9-5-7-3-1-2-4-8(7)12(9)19(21)14(17)20/h1-4,6,9,12,18,21H,5H2,(H2,17,20). The van der Waals surface area contributed by atoms with Gasteiger partial charge in [-0.05, 0) is 23.6 Å². The molecule has 1 aliphatic rings. The van der Waals surface area contributed by atoms with Gasteiger partial charge in [0.1, 0.15) is 0 Å². The van der Waals surface area contributed by atoms with Crippen LogP contribution in [0.3, 0.4) is 0 Å². The van der Waals surface area contributed by atoms with Gasteiger partial charge in [0, 0.05) is 11.6 Å². The van der Waals surface area contributed by atoms with Crippen molar-refractivity contribution in [3.8, 4) is 0 Å². The number of benzene rings is 1. The molecule has 0 fully saturated rings. The maximum absolute atomic E-state index is 13.2. The minimum Gasteiger partial charge on any atom is -0.350 e. The zero-order valence-electron chi connectivity index (χ0n) is 10.9. The van der Waals surface area contributed by atoms with E-state index < -0.39 is 29.8 Å². The first-order valence-electron chi connectivity index (χ1n) is 6.38. The number of primary amides is 1. The Bertz CT molecular complexity index is 682. The monoisotopic (exact) mass is 293 g/mol. The fourth-order valence-corrected chi connectivity index (χ4v) is 2.92. The first-order valence-corrected chi connectivity index (χ1v) is 6.38. The summed E-state index contributed by atoms with van der Waals surface area (Å²) in [6, 6.07) is 6.41. The molecule has 2 atom stereocenters. The van der Waals surface area contributed by atoms with Crippen LogP contribution >= 0.6 is 0 Å². The van der Waals surface area contributed by atoms with Gasteiger partial charge in [-0.15, -0.1) is 0 Å². The van der Waals surface area contributed by atoms with E-state index in [0.29, 0.717) is 17.0 Å². The van der Waals surface area contributed by atoms with Crippen LogP contribution < -0.4 is 5.73 Å².